The summed E-state index contributed by atoms with van der Waals surface area (Å²) < 4.78 is 36.7. The maximum absolute atomic E-state index is 8.52. The van der Waals surface area contributed by atoms with E-state index >= 15 is 0 Å². The molecule has 0 unspecified atom stereocenters. The van der Waals surface area contributed by atoms with Gasteiger partial charge >= 0.3 is 0 Å². The third-order valence-electron chi connectivity index (χ3n) is 13.0. The molecule has 0 saturated heterocycles. The standard InChI is InChI=1S/2C24H52N.H2O4S/c2*1-5-9-10-11-12-13-14-15-16-17-18-19-20-21-22-23-24-25(6-2,7-3)8-4;1-5(2,3)4/h2*5-24H2,1-4H3;(H2,1,2,3,4)/q2*+1;/p-2. The van der Waals surface area contributed by atoms with E-state index in [0.717, 1.165) is 0 Å². The Bertz CT molecular complexity index is 738. The van der Waals surface area contributed by atoms with Gasteiger partial charge in [0.2, 0.25) is 0 Å². The van der Waals surface area contributed by atoms with Crippen molar-refractivity contribution in [3.8, 4) is 0 Å². The van der Waals surface area contributed by atoms with Gasteiger partial charge in [-0.15, -0.1) is 0 Å². The molecule has 7 heteroatoms. The molecule has 0 bridgehead atoms. The molecule has 0 rings (SSSR count). The first-order valence-electron chi connectivity index (χ1n) is 24.9. The van der Waals surface area contributed by atoms with E-state index in [4.69, 9.17) is 17.5 Å². The molecule has 0 N–H and O–H groups in total. The fourth-order valence-corrected chi connectivity index (χ4v) is 8.28. The summed E-state index contributed by atoms with van der Waals surface area (Å²) in [7, 11) is -5.17. The number of hydrogen-bond donors (Lipinski definition) is 0. The van der Waals surface area contributed by atoms with Gasteiger partial charge < -0.3 is 18.1 Å². The molecule has 55 heavy (non-hydrogen) atoms. The van der Waals surface area contributed by atoms with E-state index in [2.05, 4.69) is 55.4 Å². The Labute approximate surface area is 348 Å². The Morgan fingerprint density at radius 1 is 0.273 bits per heavy atom. The highest BCUT2D eigenvalue weighted by molar-refractivity contribution is 7.79. The molecule has 0 saturated carbocycles. The summed E-state index contributed by atoms with van der Waals surface area (Å²) in [6.07, 6.45) is 46.9. The lowest BCUT2D eigenvalue weighted by Gasteiger charge is -2.35. The zero-order valence-electron chi connectivity index (χ0n) is 39.2. The third-order valence-corrected chi connectivity index (χ3v) is 13.0. The van der Waals surface area contributed by atoms with E-state index in [9.17, 15) is 0 Å². The number of nitrogens with zero attached hydrogens (tertiary/aromatic N) is 2. The minimum atomic E-state index is -5.17. The van der Waals surface area contributed by atoms with Crippen LogP contribution < -0.4 is 0 Å². The normalized spacial score (nSPS) is 12.0. The van der Waals surface area contributed by atoms with Crippen LogP contribution in [0.5, 0.6) is 0 Å². The van der Waals surface area contributed by atoms with Crippen LogP contribution in [-0.4, -0.2) is 78.8 Å². The highest BCUT2D eigenvalue weighted by Crippen LogP contribution is 2.17. The molecule has 0 aliphatic carbocycles. The Kier molecular flexibility index (Phi) is 48.2. The molecule has 0 spiro atoms. The van der Waals surface area contributed by atoms with Crippen LogP contribution >= 0.6 is 0 Å². The number of unbranched alkanes of at least 4 members (excludes halogenated alkanes) is 30. The summed E-state index contributed by atoms with van der Waals surface area (Å²) in [5.41, 5.74) is 0. The average Bonchev–Trinajstić information content (AvgIpc) is 3.17. The van der Waals surface area contributed by atoms with Gasteiger partial charge in [-0.05, 0) is 67.2 Å². The molecular weight excluding hydrogens is 701 g/mol. The second-order valence-corrected chi connectivity index (χ2v) is 17.9. The van der Waals surface area contributed by atoms with E-state index in [0.29, 0.717) is 0 Å². The van der Waals surface area contributed by atoms with Crippen LogP contribution in [0.4, 0.5) is 0 Å². The van der Waals surface area contributed by atoms with E-state index in [1.807, 2.05) is 0 Å². The van der Waals surface area contributed by atoms with Gasteiger partial charge in [0, 0.05) is 10.4 Å². The van der Waals surface area contributed by atoms with Crippen LogP contribution in [0.3, 0.4) is 0 Å². The predicted octanol–water partition coefficient (Wildman–Crippen LogP) is 14.9. The number of hydrogen-bond acceptors (Lipinski definition) is 4. The van der Waals surface area contributed by atoms with Crippen LogP contribution in [0.1, 0.15) is 261 Å². The lowest BCUT2D eigenvalue weighted by atomic mass is 10.0. The lowest BCUT2D eigenvalue weighted by Crippen LogP contribution is -2.48. The van der Waals surface area contributed by atoms with Crippen molar-refractivity contribution in [2.45, 2.75) is 261 Å². The summed E-state index contributed by atoms with van der Waals surface area (Å²) in [6.45, 7) is 29.4. The molecular formula is C48H104N2O4S. The van der Waals surface area contributed by atoms with Crippen LogP contribution in [-0.2, 0) is 10.4 Å². The smallest absolute Gasteiger partial charge is 0.0786 e. The van der Waals surface area contributed by atoms with Crippen molar-refractivity contribution < 1.29 is 26.5 Å². The van der Waals surface area contributed by atoms with Crippen molar-refractivity contribution in [3.05, 3.63) is 0 Å². The summed E-state index contributed by atoms with van der Waals surface area (Å²) in [4.78, 5) is 0. The fraction of sp³-hybridized carbons (Fsp3) is 1.00. The molecule has 0 aliphatic heterocycles. The molecule has 0 aromatic rings. The molecule has 0 aromatic heterocycles. The lowest BCUT2D eigenvalue weighted by molar-refractivity contribution is -0.923. The minimum Gasteiger partial charge on any atom is -0.759 e. The van der Waals surface area contributed by atoms with Gasteiger partial charge in [-0.3, -0.25) is 8.42 Å². The monoisotopic (exact) mass is 805 g/mol. The van der Waals surface area contributed by atoms with Crippen LogP contribution in [0.25, 0.3) is 0 Å². The first-order chi connectivity index (χ1) is 26.5. The molecule has 6 nitrogen and oxygen atoms in total. The van der Waals surface area contributed by atoms with Crippen molar-refractivity contribution >= 4 is 10.4 Å². The van der Waals surface area contributed by atoms with Crippen molar-refractivity contribution in [2.75, 3.05) is 52.4 Å². The summed E-state index contributed by atoms with van der Waals surface area (Å²) in [6, 6.07) is 0. The third kappa shape index (κ3) is 46.4. The van der Waals surface area contributed by atoms with Crippen molar-refractivity contribution in [1.82, 2.24) is 0 Å². The fourth-order valence-electron chi connectivity index (χ4n) is 8.28. The van der Waals surface area contributed by atoms with Crippen LogP contribution in [0, 0.1) is 0 Å². The van der Waals surface area contributed by atoms with Gasteiger partial charge in [-0.2, -0.15) is 0 Å². The molecule has 336 valence electrons. The highest BCUT2D eigenvalue weighted by atomic mass is 32.3. The summed E-state index contributed by atoms with van der Waals surface area (Å²) >= 11 is 0. The Hall–Kier alpha value is -0.210. The van der Waals surface area contributed by atoms with Crippen LogP contribution in [0.15, 0.2) is 0 Å². The van der Waals surface area contributed by atoms with E-state index in [-0.39, 0.29) is 0 Å². The minimum absolute atomic E-state index is 1.31. The second kappa shape index (κ2) is 44.9. The average molecular weight is 805 g/mol. The number of quaternary nitrogens is 2. The van der Waals surface area contributed by atoms with E-state index in [1.165, 1.54) is 267 Å². The quantitative estimate of drug-likeness (QED) is 0.0267. The largest absolute Gasteiger partial charge is 0.759 e. The maximum Gasteiger partial charge on any atom is 0.0786 e. The van der Waals surface area contributed by atoms with Gasteiger partial charge in [0.25, 0.3) is 0 Å². The molecule has 0 aromatic carbocycles. The summed E-state index contributed by atoms with van der Waals surface area (Å²) in [5, 5.41) is 0. The van der Waals surface area contributed by atoms with Crippen LogP contribution in [0.2, 0.25) is 0 Å². The van der Waals surface area contributed by atoms with Crippen molar-refractivity contribution in [1.29, 1.82) is 0 Å². The number of rotatable bonds is 40. The molecule has 0 heterocycles. The molecule has 0 fully saturated rings. The van der Waals surface area contributed by atoms with Gasteiger partial charge in [-0.1, -0.05) is 194 Å². The molecule has 0 radical (unpaired) electrons. The van der Waals surface area contributed by atoms with Crippen molar-refractivity contribution in [3.63, 3.8) is 0 Å². The Morgan fingerprint density at radius 3 is 0.527 bits per heavy atom. The molecule has 0 amide bonds. The molecule has 0 atom stereocenters. The van der Waals surface area contributed by atoms with Crippen molar-refractivity contribution in [2.24, 2.45) is 0 Å². The highest BCUT2D eigenvalue weighted by Gasteiger charge is 2.20. The van der Waals surface area contributed by atoms with Gasteiger partial charge in [0.05, 0.1) is 52.4 Å². The second-order valence-electron chi connectivity index (χ2n) is 17.0. The van der Waals surface area contributed by atoms with E-state index in [1.54, 1.807) is 0 Å². The Balaban J connectivity index is -0.000000874. The summed E-state index contributed by atoms with van der Waals surface area (Å²) in [5.74, 6) is 0. The molecule has 0 aliphatic rings. The Morgan fingerprint density at radius 2 is 0.400 bits per heavy atom. The first-order valence-corrected chi connectivity index (χ1v) is 26.2. The predicted molar refractivity (Wildman–Crippen MR) is 243 cm³/mol. The maximum atomic E-state index is 8.52. The van der Waals surface area contributed by atoms with E-state index < -0.39 is 10.4 Å². The van der Waals surface area contributed by atoms with Gasteiger partial charge in [-0.25, -0.2) is 0 Å². The topological polar surface area (TPSA) is 80.3 Å². The zero-order valence-corrected chi connectivity index (χ0v) is 40.0. The zero-order chi connectivity index (χ0) is 41.8. The SMILES string of the molecule is CCCCCCCCCCCCCCCCCC[N+](CC)(CC)CC.CCCCCCCCCCCCCCCCCC[N+](CC)(CC)CC.O=S(=O)([O-])[O-]. The van der Waals surface area contributed by atoms with Gasteiger partial charge in [0.1, 0.15) is 0 Å². The van der Waals surface area contributed by atoms with Gasteiger partial charge in [0.15, 0.2) is 0 Å². The first kappa shape index (κ1) is 59.1.